The minimum absolute atomic E-state index is 0.126. The lowest BCUT2D eigenvalue weighted by molar-refractivity contribution is 0.0878. The number of aryl methyl sites for hydroxylation is 2. The lowest BCUT2D eigenvalue weighted by Crippen LogP contribution is -2.19. The van der Waals surface area contributed by atoms with E-state index in [1.807, 2.05) is 26.0 Å². The molecule has 2 heterocycles. The van der Waals surface area contributed by atoms with Gasteiger partial charge in [-0.25, -0.2) is 0 Å². The summed E-state index contributed by atoms with van der Waals surface area (Å²) >= 11 is 0. The van der Waals surface area contributed by atoms with Crippen molar-refractivity contribution in [2.75, 3.05) is 5.32 Å². The van der Waals surface area contributed by atoms with Crippen LogP contribution in [-0.2, 0) is 0 Å². The molecule has 0 saturated heterocycles. The number of imide groups is 1. The second-order valence-corrected chi connectivity index (χ2v) is 8.01. The molecule has 5 rings (SSSR count). The lowest BCUT2D eigenvalue weighted by atomic mass is 10.1. The first-order valence-electron chi connectivity index (χ1n) is 10.3. The molecule has 7 heteroatoms. The van der Waals surface area contributed by atoms with Crippen molar-refractivity contribution in [3.05, 3.63) is 98.7 Å². The van der Waals surface area contributed by atoms with Gasteiger partial charge in [0.2, 0.25) is 0 Å². The van der Waals surface area contributed by atoms with Crippen LogP contribution in [-0.4, -0.2) is 17.7 Å². The van der Waals surface area contributed by atoms with E-state index in [0.29, 0.717) is 33.5 Å². The monoisotopic (exact) mass is 438 g/mol. The highest BCUT2D eigenvalue weighted by Crippen LogP contribution is 2.26. The predicted molar refractivity (Wildman–Crippen MR) is 124 cm³/mol. The Bertz CT molecular complexity index is 1550. The van der Waals surface area contributed by atoms with Crippen LogP contribution in [0.1, 0.15) is 42.2 Å². The first-order valence-corrected chi connectivity index (χ1v) is 10.3. The minimum atomic E-state index is -0.488. The smallest absolute Gasteiger partial charge is 0.259 e. The van der Waals surface area contributed by atoms with Gasteiger partial charge in [0.15, 0.2) is 5.43 Å². The van der Waals surface area contributed by atoms with E-state index in [9.17, 15) is 19.2 Å². The molecule has 0 saturated carbocycles. The molecule has 33 heavy (non-hydrogen) atoms. The second kappa shape index (κ2) is 7.56. The van der Waals surface area contributed by atoms with Crippen molar-refractivity contribution in [3.8, 4) is 11.3 Å². The summed E-state index contributed by atoms with van der Waals surface area (Å²) < 4.78 is 6.01. The summed E-state index contributed by atoms with van der Waals surface area (Å²) in [6.45, 7) is 3.83. The van der Waals surface area contributed by atoms with Crippen LogP contribution in [0.3, 0.4) is 0 Å². The van der Waals surface area contributed by atoms with Crippen molar-refractivity contribution in [2.45, 2.75) is 13.8 Å². The van der Waals surface area contributed by atoms with Crippen LogP contribution in [0.25, 0.3) is 22.3 Å². The molecule has 0 aliphatic carbocycles. The summed E-state index contributed by atoms with van der Waals surface area (Å²) in [7, 11) is 0. The summed E-state index contributed by atoms with van der Waals surface area (Å²) in [5.41, 5.74) is 4.25. The van der Waals surface area contributed by atoms with Crippen LogP contribution in [0.4, 0.5) is 5.69 Å². The van der Waals surface area contributed by atoms with Crippen molar-refractivity contribution < 1.29 is 18.8 Å². The molecule has 0 spiro atoms. The largest absolute Gasteiger partial charge is 0.456 e. The van der Waals surface area contributed by atoms with E-state index in [2.05, 4.69) is 10.6 Å². The summed E-state index contributed by atoms with van der Waals surface area (Å²) in [4.78, 5) is 48.8. The molecule has 1 aromatic heterocycles. The third kappa shape index (κ3) is 3.59. The maximum absolute atomic E-state index is 12.7. The molecule has 0 fully saturated rings. The van der Waals surface area contributed by atoms with Gasteiger partial charge in [0.1, 0.15) is 11.3 Å². The highest BCUT2D eigenvalue weighted by Gasteiger charge is 2.26. The molecule has 3 amide bonds. The number of rotatable bonds is 3. The molecule has 4 aromatic rings. The highest BCUT2D eigenvalue weighted by molar-refractivity contribution is 6.22. The number of amides is 3. The van der Waals surface area contributed by atoms with Crippen LogP contribution >= 0.6 is 0 Å². The van der Waals surface area contributed by atoms with Crippen LogP contribution in [0, 0.1) is 13.8 Å². The molecule has 0 radical (unpaired) electrons. The van der Waals surface area contributed by atoms with Crippen LogP contribution < -0.4 is 16.1 Å². The second-order valence-electron chi connectivity index (χ2n) is 8.01. The molecule has 0 unspecified atom stereocenters. The number of benzene rings is 3. The zero-order valence-corrected chi connectivity index (χ0v) is 17.8. The van der Waals surface area contributed by atoms with E-state index in [0.717, 1.165) is 11.1 Å². The van der Waals surface area contributed by atoms with E-state index in [1.165, 1.54) is 18.2 Å². The molecule has 3 aromatic carbocycles. The highest BCUT2D eigenvalue weighted by atomic mass is 16.3. The topological polar surface area (TPSA) is 105 Å². The quantitative estimate of drug-likeness (QED) is 0.466. The Hall–Kier alpha value is -4.52. The van der Waals surface area contributed by atoms with Gasteiger partial charge in [0.05, 0.1) is 16.5 Å². The number of fused-ring (bicyclic) bond motifs is 2. The van der Waals surface area contributed by atoms with Gasteiger partial charge in [-0.2, -0.15) is 0 Å². The Morgan fingerprint density at radius 1 is 0.848 bits per heavy atom. The third-order valence-corrected chi connectivity index (χ3v) is 5.58. The zero-order chi connectivity index (χ0) is 23.3. The standard InChI is InChI=1S/C26H18N2O5/c1-13-9-14(2)23-20(10-13)21(29)12-22(33-23)15-3-5-16(6-4-15)24(30)27-17-7-8-18-19(11-17)26(32)28-25(18)31/h3-12H,1-2H3,(H,27,30)(H,28,31,32). The summed E-state index contributed by atoms with van der Waals surface area (Å²) in [6, 6.07) is 16.4. The van der Waals surface area contributed by atoms with Crippen LogP contribution in [0.2, 0.25) is 0 Å². The van der Waals surface area contributed by atoms with E-state index in [-0.39, 0.29) is 22.5 Å². The number of anilines is 1. The average molecular weight is 438 g/mol. The van der Waals surface area contributed by atoms with Gasteiger partial charge in [-0.15, -0.1) is 0 Å². The molecule has 7 nitrogen and oxygen atoms in total. The van der Waals surface area contributed by atoms with Gasteiger partial charge < -0.3 is 9.73 Å². The van der Waals surface area contributed by atoms with Crippen molar-refractivity contribution >= 4 is 34.4 Å². The first kappa shape index (κ1) is 20.4. The summed E-state index contributed by atoms with van der Waals surface area (Å²) in [5, 5.41) is 5.48. The van der Waals surface area contributed by atoms with Crippen LogP contribution in [0.15, 0.2) is 69.9 Å². The fraction of sp³-hybridized carbons (Fsp3) is 0.0769. The third-order valence-electron chi connectivity index (χ3n) is 5.58. The number of carbonyl (C=O) groups excluding carboxylic acids is 3. The molecular formula is C26H18N2O5. The van der Waals surface area contributed by atoms with Gasteiger partial charge >= 0.3 is 0 Å². The number of hydrogen-bond donors (Lipinski definition) is 2. The Labute approximate surface area is 188 Å². The van der Waals surface area contributed by atoms with Gasteiger partial charge in [-0.05, 0) is 61.4 Å². The predicted octanol–water partition coefficient (Wildman–Crippen LogP) is 4.21. The van der Waals surface area contributed by atoms with Crippen molar-refractivity contribution in [1.29, 1.82) is 0 Å². The number of carbonyl (C=O) groups is 3. The van der Waals surface area contributed by atoms with Gasteiger partial charge in [-0.1, -0.05) is 18.2 Å². The average Bonchev–Trinajstić information content (AvgIpc) is 3.07. The molecule has 162 valence electrons. The lowest BCUT2D eigenvalue weighted by Gasteiger charge is -2.08. The Kier molecular flexibility index (Phi) is 4.67. The molecule has 2 N–H and O–H groups in total. The molecule has 0 bridgehead atoms. The van der Waals surface area contributed by atoms with Gasteiger partial charge in [-0.3, -0.25) is 24.5 Å². The van der Waals surface area contributed by atoms with Crippen LogP contribution in [0.5, 0.6) is 0 Å². The van der Waals surface area contributed by atoms with E-state index in [1.54, 1.807) is 30.3 Å². The molecule has 0 atom stereocenters. The molecule has 1 aliphatic heterocycles. The van der Waals surface area contributed by atoms with E-state index in [4.69, 9.17) is 4.42 Å². The maximum Gasteiger partial charge on any atom is 0.259 e. The van der Waals surface area contributed by atoms with Gasteiger partial charge in [0, 0.05) is 22.9 Å². The number of nitrogens with one attached hydrogen (secondary N) is 2. The Balaban J connectivity index is 1.41. The Morgan fingerprint density at radius 3 is 2.33 bits per heavy atom. The van der Waals surface area contributed by atoms with Crippen molar-refractivity contribution in [1.82, 2.24) is 5.32 Å². The Morgan fingerprint density at radius 2 is 1.58 bits per heavy atom. The number of hydrogen-bond acceptors (Lipinski definition) is 5. The normalized spacial score (nSPS) is 12.5. The summed E-state index contributed by atoms with van der Waals surface area (Å²) in [6.07, 6.45) is 0. The SMILES string of the molecule is Cc1cc(C)c2oc(-c3ccc(C(=O)Nc4ccc5c(c4)C(=O)NC5=O)cc3)cc(=O)c2c1. The first-order chi connectivity index (χ1) is 15.8. The zero-order valence-electron chi connectivity index (χ0n) is 17.8. The summed E-state index contributed by atoms with van der Waals surface area (Å²) in [5.74, 6) is -0.898. The fourth-order valence-electron chi connectivity index (χ4n) is 3.99. The molecular weight excluding hydrogens is 420 g/mol. The van der Waals surface area contributed by atoms with Crippen molar-refractivity contribution in [2.24, 2.45) is 0 Å². The van der Waals surface area contributed by atoms with Gasteiger partial charge in [0.25, 0.3) is 17.7 Å². The van der Waals surface area contributed by atoms with Crippen molar-refractivity contribution in [3.63, 3.8) is 0 Å². The maximum atomic E-state index is 12.7. The fourth-order valence-corrected chi connectivity index (χ4v) is 3.99. The van der Waals surface area contributed by atoms with E-state index < -0.39 is 11.8 Å². The van der Waals surface area contributed by atoms with E-state index >= 15 is 0 Å². The molecule has 1 aliphatic rings. The minimum Gasteiger partial charge on any atom is -0.456 e.